The van der Waals surface area contributed by atoms with Crippen molar-refractivity contribution in [2.24, 2.45) is 22.1 Å². The molecule has 2 N–H and O–H groups in total. The van der Waals surface area contributed by atoms with Crippen molar-refractivity contribution in [1.29, 1.82) is 0 Å². The molecule has 2 aromatic rings. The summed E-state index contributed by atoms with van der Waals surface area (Å²) < 4.78 is 6.14. The van der Waals surface area contributed by atoms with Crippen LogP contribution in [0.3, 0.4) is 0 Å². The molecule has 6 rings (SSSR count). The summed E-state index contributed by atoms with van der Waals surface area (Å²) in [5.74, 6) is 1.92. The predicted molar refractivity (Wildman–Crippen MR) is 129 cm³/mol. The molecule has 2 spiro atoms. The van der Waals surface area contributed by atoms with Gasteiger partial charge in [0.15, 0.2) is 11.5 Å². The second-order valence-electron chi connectivity index (χ2n) is 10.7. The fourth-order valence-electron chi connectivity index (χ4n) is 6.44. The van der Waals surface area contributed by atoms with Crippen molar-refractivity contribution < 1.29 is 9.53 Å². The van der Waals surface area contributed by atoms with Gasteiger partial charge in [-0.05, 0) is 99.1 Å². The molecule has 1 amide bonds. The minimum absolute atomic E-state index is 0.0287. The number of amides is 1. The first-order chi connectivity index (χ1) is 15.9. The zero-order chi connectivity index (χ0) is 22.8. The summed E-state index contributed by atoms with van der Waals surface area (Å²) in [5, 5.41) is 0. The van der Waals surface area contributed by atoms with Crippen LogP contribution < -0.4 is 10.5 Å². The Balaban J connectivity index is 1.47. The van der Waals surface area contributed by atoms with Crippen LogP contribution in [0.25, 0.3) is 0 Å². The Labute approximate surface area is 196 Å². The van der Waals surface area contributed by atoms with Gasteiger partial charge in [0, 0.05) is 11.5 Å². The molecule has 1 saturated carbocycles. The number of nitrogens with two attached hydrogens (primary N) is 1. The van der Waals surface area contributed by atoms with Gasteiger partial charge in [-0.25, -0.2) is 4.99 Å². The van der Waals surface area contributed by atoms with Gasteiger partial charge in [0.1, 0.15) is 5.75 Å². The lowest BCUT2D eigenvalue weighted by molar-refractivity contribution is -0.137. The van der Waals surface area contributed by atoms with E-state index in [2.05, 4.69) is 42.5 Å². The van der Waals surface area contributed by atoms with E-state index in [4.69, 9.17) is 15.5 Å². The van der Waals surface area contributed by atoms with Gasteiger partial charge >= 0.3 is 0 Å². The lowest BCUT2D eigenvalue weighted by Crippen LogP contribution is -2.52. The molecule has 33 heavy (non-hydrogen) atoms. The number of ether oxygens (including phenoxy) is 1. The van der Waals surface area contributed by atoms with E-state index < -0.39 is 5.54 Å². The number of carbonyl (C=O) groups is 1. The van der Waals surface area contributed by atoms with E-state index in [0.29, 0.717) is 11.9 Å². The maximum Gasteiger partial charge on any atom is 0.262 e. The van der Waals surface area contributed by atoms with E-state index in [1.807, 2.05) is 13.8 Å². The molecule has 0 radical (unpaired) electrons. The summed E-state index contributed by atoms with van der Waals surface area (Å²) >= 11 is 0. The minimum atomic E-state index is -0.961. The Morgan fingerprint density at radius 3 is 2.39 bits per heavy atom. The number of hydrogen-bond acceptors (Lipinski definition) is 4. The first-order valence-electron chi connectivity index (χ1n) is 12.5. The highest BCUT2D eigenvalue weighted by atomic mass is 16.5. The number of fused-ring (bicyclic) bond motifs is 4. The summed E-state index contributed by atoms with van der Waals surface area (Å²) in [5.41, 5.74) is 10.3. The molecule has 1 heterocycles. The second kappa shape index (κ2) is 7.34. The third-order valence-electron chi connectivity index (χ3n) is 8.39. The maximum absolute atomic E-state index is 14.3. The van der Waals surface area contributed by atoms with Crippen LogP contribution in [0, 0.1) is 11.3 Å². The van der Waals surface area contributed by atoms with Gasteiger partial charge in [0.05, 0.1) is 6.61 Å². The molecule has 4 aliphatic rings. The Morgan fingerprint density at radius 1 is 1.09 bits per heavy atom. The second-order valence-corrected chi connectivity index (χ2v) is 10.7. The lowest BCUT2D eigenvalue weighted by atomic mass is 9.65. The minimum Gasteiger partial charge on any atom is -0.493 e. The van der Waals surface area contributed by atoms with Gasteiger partial charge in [-0.1, -0.05) is 30.3 Å². The highest BCUT2D eigenvalue weighted by molar-refractivity contribution is 6.08. The third-order valence-corrected chi connectivity index (χ3v) is 8.39. The third kappa shape index (κ3) is 3.04. The number of guanidine groups is 1. The molecule has 3 aliphatic carbocycles. The van der Waals surface area contributed by atoms with Crippen LogP contribution in [-0.2, 0) is 29.6 Å². The van der Waals surface area contributed by atoms with Crippen molar-refractivity contribution in [1.82, 2.24) is 4.90 Å². The average Bonchev–Trinajstić information content (AvgIpc) is 3.56. The molecule has 2 aromatic carbocycles. The van der Waals surface area contributed by atoms with Crippen LogP contribution in [-0.4, -0.2) is 29.4 Å². The lowest BCUT2D eigenvalue weighted by Gasteiger charge is -2.41. The average molecular weight is 444 g/mol. The summed E-state index contributed by atoms with van der Waals surface area (Å²) in [4.78, 5) is 21.1. The molecule has 172 valence electrons. The van der Waals surface area contributed by atoms with Crippen LogP contribution in [0.15, 0.2) is 47.5 Å². The molecule has 0 aromatic heterocycles. The molecule has 1 aliphatic heterocycles. The van der Waals surface area contributed by atoms with Gasteiger partial charge < -0.3 is 10.5 Å². The summed E-state index contributed by atoms with van der Waals surface area (Å²) in [7, 11) is 0. The van der Waals surface area contributed by atoms with Crippen molar-refractivity contribution in [3.8, 4) is 5.75 Å². The Morgan fingerprint density at radius 2 is 1.79 bits per heavy atom. The van der Waals surface area contributed by atoms with Crippen LogP contribution >= 0.6 is 0 Å². The summed E-state index contributed by atoms with van der Waals surface area (Å²) in [6, 6.07) is 15.0. The zero-order valence-corrected chi connectivity index (χ0v) is 19.6. The van der Waals surface area contributed by atoms with E-state index in [9.17, 15) is 4.79 Å². The van der Waals surface area contributed by atoms with Gasteiger partial charge in [0.2, 0.25) is 0 Å². The number of aryl methyl sites for hydroxylation is 2. The summed E-state index contributed by atoms with van der Waals surface area (Å²) in [6.07, 6.45) is 7.12. The first-order valence-corrected chi connectivity index (χ1v) is 12.5. The van der Waals surface area contributed by atoms with Gasteiger partial charge in [-0.15, -0.1) is 0 Å². The van der Waals surface area contributed by atoms with E-state index in [1.54, 1.807) is 4.90 Å². The van der Waals surface area contributed by atoms with E-state index in [1.165, 1.54) is 29.5 Å². The van der Waals surface area contributed by atoms with E-state index >= 15 is 0 Å². The zero-order valence-electron chi connectivity index (χ0n) is 19.6. The van der Waals surface area contributed by atoms with Crippen molar-refractivity contribution in [3.63, 3.8) is 0 Å². The monoisotopic (exact) mass is 443 g/mol. The number of aliphatic imine (C=N–C) groups is 1. The van der Waals surface area contributed by atoms with E-state index in [-0.39, 0.29) is 17.4 Å². The largest absolute Gasteiger partial charge is 0.493 e. The van der Waals surface area contributed by atoms with E-state index in [0.717, 1.165) is 50.0 Å². The smallest absolute Gasteiger partial charge is 0.262 e. The molecular weight excluding hydrogens is 410 g/mol. The number of benzene rings is 2. The molecular formula is C28H33N3O2. The molecule has 0 bridgehead atoms. The maximum atomic E-state index is 14.3. The molecule has 5 nitrogen and oxygen atoms in total. The van der Waals surface area contributed by atoms with Crippen LogP contribution in [0.1, 0.15) is 61.8 Å². The topological polar surface area (TPSA) is 67.9 Å². The van der Waals surface area contributed by atoms with Crippen molar-refractivity contribution >= 4 is 11.9 Å². The Bertz CT molecular complexity index is 1120. The quantitative estimate of drug-likeness (QED) is 0.764. The van der Waals surface area contributed by atoms with Crippen molar-refractivity contribution in [3.05, 3.63) is 64.7 Å². The molecule has 1 unspecified atom stereocenters. The van der Waals surface area contributed by atoms with Gasteiger partial charge in [0.25, 0.3) is 5.91 Å². The fraction of sp³-hybridized carbons (Fsp3) is 0.500. The fourth-order valence-corrected chi connectivity index (χ4v) is 6.44. The summed E-state index contributed by atoms with van der Waals surface area (Å²) in [6.45, 7) is 4.78. The van der Waals surface area contributed by atoms with Crippen LogP contribution in [0.4, 0.5) is 0 Å². The number of hydrogen-bond donors (Lipinski definition) is 1. The Hall–Kier alpha value is -2.82. The molecule has 5 heteroatoms. The highest BCUT2D eigenvalue weighted by Crippen LogP contribution is 2.61. The SMILES string of the molecule is CC(C)N1C(=O)C2(N=C1N)c1cc(OCC3CC3)ccc1CC21CCc2ccccc2CC1. The predicted octanol–water partition coefficient (Wildman–Crippen LogP) is 4.36. The van der Waals surface area contributed by atoms with Gasteiger partial charge in [-0.3, -0.25) is 9.69 Å². The van der Waals surface area contributed by atoms with Crippen LogP contribution in [0.2, 0.25) is 0 Å². The number of carbonyl (C=O) groups excluding carboxylic acids is 1. The highest BCUT2D eigenvalue weighted by Gasteiger charge is 2.66. The van der Waals surface area contributed by atoms with Crippen molar-refractivity contribution in [2.45, 2.75) is 70.4 Å². The van der Waals surface area contributed by atoms with Crippen molar-refractivity contribution in [2.75, 3.05) is 6.61 Å². The molecule has 1 atom stereocenters. The number of nitrogens with zero attached hydrogens (tertiary/aromatic N) is 2. The normalized spacial score (nSPS) is 25.4. The number of rotatable bonds is 4. The van der Waals surface area contributed by atoms with Crippen LogP contribution in [0.5, 0.6) is 5.75 Å². The molecule has 1 fully saturated rings. The van der Waals surface area contributed by atoms with Gasteiger partial charge in [-0.2, -0.15) is 0 Å². The first kappa shape index (κ1) is 20.8. The standard InChI is InChI=1S/C28H33N3O2/c1-18(2)31-25(32)28(30-26(31)29)24-15-23(33-17-19-7-8-19)10-9-22(24)16-27(28)13-11-20-5-3-4-6-21(20)12-14-27/h3-6,9-10,15,18-19H,7-8,11-14,16-17H2,1-2H3,(H2,29,30). The molecule has 0 saturated heterocycles. The Kier molecular flexibility index (Phi) is 4.62.